The molecule has 0 radical (unpaired) electrons. The SMILES string of the molecule is CC1(N2CCCCC2)CC2(O)C(=NO)CCCC2=[N+]1O. The van der Waals surface area contributed by atoms with Crippen LogP contribution in [0.25, 0.3) is 0 Å². The number of oxime groups is 1. The quantitative estimate of drug-likeness (QED) is 0.383. The number of likely N-dealkylation sites (tertiary alicyclic amines) is 1. The highest BCUT2D eigenvalue weighted by atomic mass is 16.5. The molecular formula is C14H24N3O3+. The minimum atomic E-state index is -1.28. The molecule has 3 rings (SSSR count). The average Bonchev–Trinajstić information content (AvgIpc) is 2.68. The molecule has 0 amide bonds. The normalized spacial score (nSPS) is 41.2. The van der Waals surface area contributed by atoms with Gasteiger partial charge in [-0.3, -0.25) is 5.21 Å². The van der Waals surface area contributed by atoms with Crippen LogP contribution in [0.5, 0.6) is 0 Å². The van der Waals surface area contributed by atoms with Gasteiger partial charge in [-0.25, -0.2) is 4.90 Å². The van der Waals surface area contributed by atoms with Crippen LogP contribution in [0, 0.1) is 0 Å². The number of rotatable bonds is 1. The Morgan fingerprint density at radius 1 is 1.15 bits per heavy atom. The molecule has 6 heteroatoms. The van der Waals surface area contributed by atoms with Crippen molar-refractivity contribution >= 4 is 11.4 Å². The molecule has 0 aromatic rings. The van der Waals surface area contributed by atoms with Gasteiger partial charge < -0.3 is 10.3 Å². The Bertz CT molecular complexity index is 470. The topological polar surface area (TPSA) is 79.3 Å². The second kappa shape index (κ2) is 4.70. The maximum Gasteiger partial charge on any atom is 0.268 e. The lowest BCUT2D eigenvalue weighted by atomic mass is 9.78. The highest BCUT2D eigenvalue weighted by molar-refractivity contribution is 6.15. The Kier molecular flexibility index (Phi) is 3.25. The van der Waals surface area contributed by atoms with Gasteiger partial charge in [0, 0.05) is 26.4 Å². The maximum atomic E-state index is 11.0. The third-order valence-electron chi connectivity index (χ3n) is 5.24. The molecule has 2 heterocycles. The lowest BCUT2D eigenvalue weighted by Gasteiger charge is -2.36. The van der Waals surface area contributed by atoms with Crippen LogP contribution in [0.2, 0.25) is 0 Å². The molecule has 2 aliphatic heterocycles. The standard InChI is InChI=1S/C14H23N3O3/c1-13(16-8-3-2-4-9-16)10-14(18)11(15-19)6-5-7-12(14)17(13)20/h18H,2-10H2,1H3,(H-,19,20)/p+1. The Hall–Kier alpha value is -1.14. The minimum Gasteiger partial charge on any atom is -0.411 e. The van der Waals surface area contributed by atoms with Gasteiger partial charge in [0.15, 0.2) is 5.60 Å². The van der Waals surface area contributed by atoms with E-state index in [1.165, 1.54) is 11.2 Å². The number of piperidine rings is 1. The largest absolute Gasteiger partial charge is 0.411 e. The first-order chi connectivity index (χ1) is 9.52. The number of nitrogens with zero attached hydrogens (tertiary/aromatic N) is 3. The first kappa shape index (κ1) is 13.8. The predicted molar refractivity (Wildman–Crippen MR) is 73.5 cm³/mol. The van der Waals surface area contributed by atoms with Crippen molar-refractivity contribution in [3.63, 3.8) is 0 Å². The van der Waals surface area contributed by atoms with E-state index in [2.05, 4.69) is 10.1 Å². The molecule has 0 aromatic carbocycles. The third-order valence-corrected chi connectivity index (χ3v) is 5.24. The van der Waals surface area contributed by atoms with Gasteiger partial charge in [-0.05, 0) is 30.4 Å². The van der Waals surface area contributed by atoms with E-state index in [9.17, 15) is 15.5 Å². The average molecular weight is 282 g/mol. The Morgan fingerprint density at radius 3 is 2.50 bits per heavy atom. The summed E-state index contributed by atoms with van der Waals surface area (Å²) in [7, 11) is 0. The van der Waals surface area contributed by atoms with Gasteiger partial charge >= 0.3 is 0 Å². The Morgan fingerprint density at radius 2 is 1.85 bits per heavy atom. The van der Waals surface area contributed by atoms with Gasteiger partial charge in [-0.2, -0.15) is 0 Å². The highest BCUT2D eigenvalue weighted by Crippen LogP contribution is 2.41. The summed E-state index contributed by atoms with van der Waals surface area (Å²) in [5, 5.41) is 34.1. The predicted octanol–water partition coefficient (Wildman–Crippen LogP) is 1.18. The minimum absolute atomic E-state index is 0.366. The zero-order valence-corrected chi connectivity index (χ0v) is 12.0. The number of hydroxylamine groups is 1. The molecule has 2 fully saturated rings. The van der Waals surface area contributed by atoms with Crippen molar-refractivity contribution in [3.05, 3.63) is 0 Å². The molecule has 1 saturated heterocycles. The summed E-state index contributed by atoms with van der Waals surface area (Å²) >= 11 is 0. The second-order valence-electron chi connectivity index (χ2n) is 6.46. The zero-order chi connectivity index (χ0) is 14.4. The second-order valence-corrected chi connectivity index (χ2v) is 6.46. The number of aliphatic hydroxyl groups is 1. The van der Waals surface area contributed by atoms with Crippen molar-refractivity contribution in [2.24, 2.45) is 5.16 Å². The van der Waals surface area contributed by atoms with Gasteiger partial charge in [0.05, 0.1) is 12.1 Å². The van der Waals surface area contributed by atoms with E-state index in [-0.39, 0.29) is 0 Å². The monoisotopic (exact) mass is 282 g/mol. The molecule has 3 aliphatic rings. The number of fused-ring (bicyclic) bond motifs is 1. The summed E-state index contributed by atoms with van der Waals surface area (Å²) in [6, 6.07) is 0. The van der Waals surface area contributed by atoms with Crippen LogP contribution >= 0.6 is 0 Å². The molecule has 1 saturated carbocycles. The van der Waals surface area contributed by atoms with Crippen LogP contribution in [0.1, 0.15) is 51.9 Å². The first-order valence-electron chi connectivity index (χ1n) is 7.56. The lowest BCUT2D eigenvalue weighted by Crippen LogP contribution is -2.55. The molecule has 112 valence electrons. The molecule has 20 heavy (non-hydrogen) atoms. The van der Waals surface area contributed by atoms with Crippen LogP contribution in [0.15, 0.2) is 5.16 Å². The highest BCUT2D eigenvalue weighted by Gasteiger charge is 2.65. The van der Waals surface area contributed by atoms with E-state index in [0.717, 1.165) is 32.4 Å². The smallest absolute Gasteiger partial charge is 0.268 e. The van der Waals surface area contributed by atoms with Gasteiger partial charge in [-0.1, -0.05) is 11.6 Å². The molecule has 1 aliphatic carbocycles. The van der Waals surface area contributed by atoms with E-state index in [0.29, 0.717) is 30.7 Å². The van der Waals surface area contributed by atoms with Gasteiger partial charge in [0.25, 0.3) is 5.66 Å². The van der Waals surface area contributed by atoms with E-state index < -0.39 is 11.3 Å². The summed E-state index contributed by atoms with van der Waals surface area (Å²) in [4.78, 5) is 2.24. The van der Waals surface area contributed by atoms with Crippen LogP contribution in [-0.2, 0) is 0 Å². The van der Waals surface area contributed by atoms with Crippen LogP contribution in [-0.4, -0.2) is 60.9 Å². The summed E-state index contributed by atoms with van der Waals surface area (Å²) in [5.41, 5.74) is -0.915. The first-order valence-corrected chi connectivity index (χ1v) is 7.56. The fourth-order valence-corrected chi connectivity index (χ4v) is 4.09. The van der Waals surface area contributed by atoms with Crippen molar-refractivity contribution in [1.29, 1.82) is 0 Å². The van der Waals surface area contributed by atoms with Crippen LogP contribution in [0.3, 0.4) is 0 Å². The van der Waals surface area contributed by atoms with Crippen molar-refractivity contribution < 1.29 is 20.3 Å². The molecule has 3 N–H and O–H groups in total. The number of hydrogen-bond acceptors (Lipinski definition) is 5. The molecule has 0 spiro atoms. The van der Waals surface area contributed by atoms with E-state index in [4.69, 9.17) is 0 Å². The lowest BCUT2D eigenvalue weighted by molar-refractivity contribution is -0.835. The van der Waals surface area contributed by atoms with Crippen LogP contribution in [0.4, 0.5) is 0 Å². The van der Waals surface area contributed by atoms with Gasteiger partial charge in [0.1, 0.15) is 0 Å². The zero-order valence-electron chi connectivity index (χ0n) is 12.0. The van der Waals surface area contributed by atoms with Crippen molar-refractivity contribution in [3.8, 4) is 0 Å². The van der Waals surface area contributed by atoms with Gasteiger partial charge in [0.2, 0.25) is 5.71 Å². The summed E-state index contributed by atoms with van der Waals surface area (Å²) in [6.45, 7) is 3.83. The summed E-state index contributed by atoms with van der Waals surface area (Å²) < 4.78 is 1.25. The molecule has 2 atom stereocenters. The molecular weight excluding hydrogens is 258 g/mol. The summed E-state index contributed by atoms with van der Waals surface area (Å²) in [6.07, 6.45) is 5.86. The van der Waals surface area contributed by atoms with E-state index in [1.54, 1.807) is 0 Å². The Balaban J connectivity index is 1.98. The molecule has 6 nitrogen and oxygen atoms in total. The van der Waals surface area contributed by atoms with E-state index >= 15 is 0 Å². The van der Waals surface area contributed by atoms with Crippen molar-refractivity contribution in [2.45, 2.75) is 63.1 Å². The van der Waals surface area contributed by atoms with Gasteiger partial charge in [-0.15, -0.1) is 0 Å². The van der Waals surface area contributed by atoms with Crippen LogP contribution < -0.4 is 0 Å². The molecule has 0 aromatic heterocycles. The van der Waals surface area contributed by atoms with Crippen molar-refractivity contribution in [2.75, 3.05) is 13.1 Å². The molecule has 0 bridgehead atoms. The maximum absolute atomic E-state index is 11.0. The van der Waals surface area contributed by atoms with Crippen molar-refractivity contribution in [1.82, 2.24) is 4.90 Å². The summed E-state index contributed by atoms with van der Waals surface area (Å²) in [5.74, 6) is 0. The Labute approximate surface area is 119 Å². The number of hydrogen-bond donors (Lipinski definition) is 3. The van der Waals surface area contributed by atoms with E-state index in [1.807, 2.05) is 6.92 Å². The fraction of sp³-hybridized carbons (Fsp3) is 0.857. The third kappa shape index (κ3) is 1.78. The fourth-order valence-electron chi connectivity index (χ4n) is 4.09. The molecule has 2 unspecified atom stereocenters.